The molecule has 0 aromatic heterocycles. The molecule has 0 aliphatic carbocycles. The van der Waals surface area contributed by atoms with Crippen molar-refractivity contribution in [3.8, 4) is 0 Å². The molecule has 3 unspecified atom stereocenters. The summed E-state index contributed by atoms with van der Waals surface area (Å²) in [4.78, 5) is 10.9. The van der Waals surface area contributed by atoms with E-state index in [0.717, 1.165) is 0 Å². The van der Waals surface area contributed by atoms with E-state index in [4.69, 9.17) is 5.11 Å². The summed E-state index contributed by atoms with van der Waals surface area (Å²) in [6.07, 6.45) is -3.99. The predicted molar refractivity (Wildman–Crippen MR) is 45.1 cm³/mol. The molecule has 4 N–H and O–H groups in total. The van der Waals surface area contributed by atoms with Crippen LogP contribution in [-0.2, 0) is 4.79 Å². The Morgan fingerprint density at radius 2 is 1.23 bits per heavy atom. The number of carbonyl (C=O) groups is 1. The molecule has 0 fully saturated rings. The van der Waals surface area contributed by atoms with Crippen molar-refractivity contribution >= 4 is 5.97 Å². The van der Waals surface area contributed by atoms with Crippen LogP contribution in [0.1, 0.15) is 20.8 Å². The minimum atomic E-state index is -1.92. The predicted octanol–water partition coefficient (Wildman–Crippen LogP) is -0.800. The lowest BCUT2D eigenvalue weighted by Gasteiger charge is -2.37. The molecule has 0 heterocycles. The van der Waals surface area contributed by atoms with Crippen LogP contribution in [0.25, 0.3) is 0 Å². The van der Waals surface area contributed by atoms with Crippen LogP contribution in [0.5, 0.6) is 0 Å². The highest BCUT2D eigenvalue weighted by atomic mass is 16.4. The van der Waals surface area contributed by atoms with Crippen LogP contribution >= 0.6 is 0 Å². The maximum absolute atomic E-state index is 10.9. The first-order chi connectivity index (χ1) is 5.77. The number of hydrogen-bond donors (Lipinski definition) is 4. The molecule has 0 saturated heterocycles. The number of hydrogen-bond acceptors (Lipinski definition) is 4. The molecule has 0 aliphatic rings. The van der Waals surface area contributed by atoms with Gasteiger partial charge in [-0.05, 0) is 20.8 Å². The quantitative estimate of drug-likeness (QED) is 0.467. The number of rotatable bonds is 4. The van der Waals surface area contributed by atoms with E-state index >= 15 is 0 Å². The van der Waals surface area contributed by atoms with E-state index in [1.165, 1.54) is 20.8 Å². The highest BCUT2D eigenvalue weighted by Crippen LogP contribution is 2.31. The molecule has 0 saturated carbocycles. The van der Waals surface area contributed by atoms with Gasteiger partial charge in [-0.1, -0.05) is 0 Å². The van der Waals surface area contributed by atoms with Crippen LogP contribution in [0.4, 0.5) is 0 Å². The largest absolute Gasteiger partial charge is 0.481 e. The lowest BCUT2D eigenvalue weighted by atomic mass is 9.73. The third-order valence-corrected chi connectivity index (χ3v) is 2.44. The fourth-order valence-electron chi connectivity index (χ4n) is 1.58. The lowest BCUT2D eigenvalue weighted by molar-refractivity contribution is -0.182. The topological polar surface area (TPSA) is 98.0 Å². The lowest BCUT2D eigenvalue weighted by Crippen LogP contribution is -2.56. The maximum atomic E-state index is 10.9. The fraction of sp³-hybridized carbons (Fsp3) is 0.875. The summed E-state index contributed by atoms with van der Waals surface area (Å²) in [5, 5.41) is 36.7. The molecule has 3 atom stereocenters. The Hall–Kier alpha value is -0.650. The summed E-state index contributed by atoms with van der Waals surface area (Å²) >= 11 is 0. The molecule has 5 heteroatoms. The van der Waals surface area contributed by atoms with Crippen LogP contribution in [0.2, 0.25) is 0 Å². The van der Waals surface area contributed by atoms with Crippen molar-refractivity contribution in [2.24, 2.45) is 5.41 Å². The number of aliphatic hydroxyl groups is 3. The smallest absolute Gasteiger partial charge is 0.317 e. The second kappa shape index (κ2) is 4.04. The zero-order valence-electron chi connectivity index (χ0n) is 7.93. The molecule has 78 valence electrons. The number of aliphatic hydroxyl groups excluding tert-OH is 3. The number of carboxylic acids is 1. The van der Waals surface area contributed by atoms with Gasteiger partial charge in [0.2, 0.25) is 0 Å². The van der Waals surface area contributed by atoms with Gasteiger partial charge in [0.25, 0.3) is 0 Å². The zero-order chi connectivity index (χ0) is 10.8. The average Bonchev–Trinajstić information content (AvgIpc) is 1.82. The summed E-state index contributed by atoms with van der Waals surface area (Å²) in [6.45, 7) is 3.69. The Morgan fingerprint density at radius 1 is 1.00 bits per heavy atom. The molecule has 0 amide bonds. The third kappa shape index (κ3) is 1.82. The number of aliphatic carboxylic acids is 1. The van der Waals surface area contributed by atoms with Gasteiger partial charge in [-0.2, -0.15) is 0 Å². The standard InChI is InChI=1S/C8H16O5/c1-4(9)8(5(2)10,6(3)11)7(12)13/h4-6,9-11H,1-3H3,(H,12,13). The average molecular weight is 192 g/mol. The first kappa shape index (κ1) is 12.3. The Labute approximate surface area is 76.6 Å². The molecular weight excluding hydrogens is 176 g/mol. The van der Waals surface area contributed by atoms with E-state index in [9.17, 15) is 20.1 Å². The Bertz CT molecular complexity index is 163. The van der Waals surface area contributed by atoms with Crippen LogP contribution in [0.15, 0.2) is 0 Å². The van der Waals surface area contributed by atoms with Gasteiger partial charge in [0.15, 0.2) is 0 Å². The van der Waals surface area contributed by atoms with Crippen LogP contribution in [-0.4, -0.2) is 44.7 Å². The summed E-state index contributed by atoms with van der Waals surface area (Å²) < 4.78 is 0. The molecule has 0 radical (unpaired) electrons. The first-order valence-electron chi connectivity index (χ1n) is 4.05. The monoisotopic (exact) mass is 192 g/mol. The van der Waals surface area contributed by atoms with Gasteiger partial charge in [-0.3, -0.25) is 4.79 Å². The second-order valence-electron chi connectivity index (χ2n) is 3.27. The summed E-state index contributed by atoms with van der Waals surface area (Å²) in [5.74, 6) is -1.41. The second-order valence-corrected chi connectivity index (χ2v) is 3.27. The molecular formula is C8H16O5. The van der Waals surface area contributed by atoms with Crippen molar-refractivity contribution < 1.29 is 25.2 Å². The van der Waals surface area contributed by atoms with E-state index in [-0.39, 0.29) is 0 Å². The van der Waals surface area contributed by atoms with Crippen molar-refractivity contribution in [3.63, 3.8) is 0 Å². The highest BCUT2D eigenvalue weighted by molar-refractivity contribution is 5.77. The molecule has 0 aromatic rings. The zero-order valence-corrected chi connectivity index (χ0v) is 7.93. The van der Waals surface area contributed by atoms with Gasteiger partial charge in [-0.25, -0.2) is 0 Å². The minimum Gasteiger partial charge on any atom is -0.481 e. The molecule has 0 bridgehead atoms. The molecule has 0 rings (SSSR count). The Balaban J connectivity index is 5.19. The normalized spacial score (nSPS) is 22.9. The van der Waals surface area contributed by atoms with Gasteiger partial charge in [0.05, 0.1) is 18.3 Å². The molecule has 0 aliphatic heterocycles. The Kier molecular flexibility index (Phi) is 3.84. The molecule has 13 heavy (non-hydrogen) atoms. The summed E-state index contributed by atoms with van der Waals surface area (Å²) in [5.41, 5.74) is -1.92. The van der Waals surface area contributed by atoms with Gasteiger partial charge in [0.1, 0.15) is 5.41 Å². The van der Waals surface area contributed by atoms with E-state index in [1.54, 1.807) is 0 Å². The van der Waals surface area contributed by atoms with Crippen LogP contribution in [0, 0.1) is 5.41 Å². The third-order valence-electron chi connectivity index (χ3n) is 2.44. The Morgan fingerprint density at radius 3 is 1.23 bits per heavy atom. The van der Waals surface area contributed by atoms with Crippen molar-refractivity contribution in [2.75, 3.05) is 0 Å². The summed E-state index contributed by atoms with van der Waals surface area (Å²) in [6, 6.07) is 0. The minimum absolute atomic E-state index is 1.23. The molecule has 0 aromatic carbocycles. The van der Waals surface area contributed by atoms with Crippen LogP contribution < -0.4 is 0 Å². The SMILES string of the molecule is CC(O)C(C(=O)O)(C(C)O)C(C)O. The van der Waals surface area contributed by atoms with E-state index in [1.807, 2.05) is 0 Å². The number of carboxylic acid groups (broad SMARTS) is 1. The fourth-order valence-corrected chi connectivity index (χ4v) is 1.58. The van der Waals surface area contributed by atoms with E-state index < -0.39 is 29.7 Å². The van der Waals surface area contributed by atoms with Crippen molar-refractivity contribution in [2.45, 2.75) is 39.1 Å². The van der Waals surface area contributed by atoms with Gasteiger partial charge in [-0.15, -0.1) is 0 Å². The van der Waals surface area contributed by atoms with Crippen molar-refractivity contribution in [3.05, 3.63) is 0 Å². The van der Waals surface area contributed by atoms with Crippen molar-refractivity contribution in [1.29, 1.82) is 0 Å². The highest BCUT2D eigenvalue weighted by Gasteiger charge is 2.51. The van der Waals surface area contributed by atoms with Gasteiger partial charge < -0.3 is 20.4 Å². The van der Waals surface area contributed by atoms with Crippen LogP contribution in [0.3, 0.4) is 0 Å². The summed E-state index contributed by atoms with van der Waals surface area (Å²) in [7, 11) is 0. The molecule has 0 spiro atoms. The van der Waals surface area contributed by atoms with E-state index in [2.05, 4.69) is 0 Å². The van der Waals surface area contributed by atoms with Gasteiger partial charge >= 0.3 is 5.97 Å². The van der Waals surface area contributed by atoms with Crippen molar-refractivity contribution in [1.82, 2.24) is 0 Å². The first-order valence-corrected chi connectivity index (χ1v) is 4.05. The maximum Gasteiger partial charge on any atom is 0.317 e. The van der Waals surface area contributed by atoms with Gasteiger partial charge in [0, 0.05) is 0 Å². The molecule has 5 nitrogen and oxygen atoms in total. The van der Waals surface area contributed by atoms with E-state index in [0.29, 0.717) is 0 Å².